The molecule has 5 aromatic rings. The van der Waals surface area contributed by atoms with E-state index in [1.165, 1.54) is 38.7 Å². The maximum atomic E-state index is 15.4. The summed E-state index contributed by atoms with van der Waals surface area (Å²) in [7, 11) is 2.58. The number of aromatic amines is 1. The average Bonchev–Trinajstić information content (AvgIpc) is 3.55. The molecule has 0 aliphatic heterocycles. The van der Waals surface area contributed by atoms with Gasteiger partial charge in [0.25, 0.3) is 0 Å². The Balaban J connectivity index is 0.00000442. The average molecular weight is 641 g/mol. The van der Waals surface area contributed by atoms with Gasteiger partial charge in [-0.05, 0) is 48.0 Å². The molecule has 1 amide bonds. The number of anilines is 1. The van der Waals surface area contributed by atoms with E-state index in [-0.39, 0.29) is 58.4 Å². The summed E-state index contributed by atoms with van der Waals surface area (Å²) in [6, 6.07) is 9.07. The number of halogens is 6. The molecule has 44 heavy (non-hydrogen) atoms. The molecule has 0 aliphatic rings. The fourth-order valence-electron chi connectivity index (χ4n) is 4.43. The second kappa shape index (κ2) is 12.6. The van der Waals surface area contributed by atoms with E-state index in [0.29, 0.717) is 5.82 Å². The molecule has 0 aliphatic carbocycles. The number of aromatic nitrogens is 5. The summed E-state index contributed by atoms with van der Waals surface area (Å²) in [5.74, 6) is -3.01. The molecule has 0 spiro atoms. The molecule has 0 bridgehead atoms. The van der Waals surface area contributed by atoms with Gasteiger partial charge in [-0.25, -0.2) is 13.6 Å². The van der Waals surface area contributed by atoms with Crippen LogP contribution in [0.25, 0.3) is 22.2 Å². The lowest BCUT2D eigenvalue weighted by molar-refractivity contribution is -0.274. The van der Waals surface area contributed by atoms with Crippen molar-refractivity contribution in [3.63, 3.8) is 0 Å². The van der Waals surface area contributed by atoms with Crippen molar-refractivity contribution >= 4 is 35.0 Å². The monoisotopic (exact) mass is 640 g/mol. The van der Waals surface area contributed by atoms with Crippen LogP contribution in [0, 0.1) is 11.6 Å². The van der Waals surface area contributed by atoms with Crippen LogP contribution in [0.3, 0.4) is 0 Å². The molecule has 0 radical (unpaired) electrons. The van der Waals surface area contributed by atoms with E-state index < -0.39 is 41.9 Å². The number of aryl methyl sites for hydroxylation is 1. The van der Waals surface area contributed by atoms with Crippen molar-refractivity contribution in [2.45, 2.75) is 19.5 Å². The number of methoxy groups -OCH3 is 1. The Labute approximate surface area is 250 Å². The van der Waals surface area contributed by atoms with Crippen molar-refractivity contribution in [2.75, 3.05) is 12.4 Å². The summed E-state index contributed by atoms with van der Waals surface area (Å²) in [6.45, 7) is -0.808. The minimum atomic E-state index is -5.11. The lowest BCUT2D eigenvalue weighted by Crippen LogP contribution is -2.28. The molecule has 2 heterocycles. The minimum Gasteiger partial charge on any atom is -0.493 e. The summed E-state index contributed by atoms with van der Waals surface area (Å²) in [5, 5.41) is 9.84. The molecule has 2 N–H and O–H groups in total. The third-order valence-corrected chi connectivity index (χ3v) is 6.23. The van der Waals surface area contributed by atoms with E-state index in [4.69, 9.17) is 9.47 Å². The van der Waals surface area contributed by atoms with Crippen molar-refractivity contribution in [1.29, 1.82) is 0 Å². The first-order chi connectivity index (χ1) is 20.4. The van der Waals surface area contributed by atoms with Crippen LogP contribution in [-0.4, -0.2) is 43.7 Å². The quantitative estimate of drug-likeness (QED) is 0.219. The highest BCUT2D eigenvalue weighted by molar-refractivity contribution is 5.96. The molecule has 0 fully saturated rings. The molecular formula is C27H22ClF5N6O5. The molecule has 5 rings (SSSR count). The molecule has 0 saturated carbocycles. The summed E-state index contributed by atoms with van der Waals surface area (Å²) in [4.78, 5) is 28.7. The van der Waals surface area contributed by atoms with Gasteiger partial charge in [0.1, 0.15) is 31.0 Å². The van der Waals surface area contributed by atoms with E-state index in [1.807, 2.05) is 0 Å². The third-order valence-electron chi connectivity index (χ3n) is 6.23. The van der Waals surface area contributed by atoms with Crippen LogP contribution in [0.5, 0.6) is 17.2 Å². The molecule has 0 saturated heterocycles. The Morgan fingerprint density at radius 2 is 1.82 bits per heavy atom. The summed E-state index contributed by atoms with van der Waals surface area (Å²) >= 11 is 0. The van der Waals surface area contributed by atoms with Gasteiger partial charge >= 0.3 is 12.1 Å². The summed E-state index contributed by atoms with van der Waals surface area (Å²) < 4.78 is 85.4. The van der Waals surface area contributed by atoms with E-state index >= 15 is 4.39 Å². The van der Waals surface area contributed by atoms with Crippen molar-refractivity contribution < 1.29 is 41.0 Å². The second-order valence-corrected chi connectivity index (χ2v) is 9.08. The first-order valence-electron chi connectivity index (χ1n) is 12.3. The smallest absolute Gasteiger partial charge is 0.493 e. The molecule has 11 nitrogen and oxygen atoms in total. The first-order valence-corrected chi connectivity index (χ1v) is 12.3. The van der Waals surface area contributed by atoms with Crippen molar-refractivity contribution in [2.24, 2.45) is 7.05 Å². The Bertz CT molecular complexity index is 1860. The van der Waals surface area contributed by atoms with Crippen LogP contribution in [-0.2, 0) is 25.0 Å². The van der Waals surface area contributed by atoms with Gasteiger partial charge in [0.2, 0.25) is 5.91 Å². The predicted molar refractivity (Wildman–Crippen MR) is 149 cm³/mol. The Kier molecular flexibility index (Phi) is 9.13. The number of benzene rings is 3. The Morgan fingerprint density at radius 1 is 1.09 bits per heavy atom. The maximum absolute atomic E-state index is 15.4. The van der Waals surface area contributed by atoms with Gasteiger partial charge in [-0.1, -0.05) is 0 Å². The summed E-state index contributed by atoms with van der Waals surface area (Å²) in [5.41, 5.74) is -0.575. The highest BCUT2D eigenvalue weighted by Gasteiger charge is 2.32. The van der Waals surface area contributed by atoms with Gasteiger partial charge in [0, 0.05) is 24.4 Å². The van der Waals surface area contributed by atoms with Gasteiger partial charge in [-0.2, -0.15) is 0 Å². The van der Waals surface area contributed by atoms with Crippen LogP contribution < -0.4 is 25.2 Å². The number of amides is 1. The molecule has 3 aromatic carbocycles. The number of alkyl halides is 3. The highest BCUT2D eigenvalue weighted by atomic mass is 35.5. The third kappa shape index (κ3) is 6.75. The molecule has 0 atom stereocenters. The van der Waals surface area contributed by atoms with Gasteiger partial charge in [-0.3, -0.25) is 13.9 Å². The Hall–Kier alpha value is -5.12. The molecule has 2 aromatic heterocycles. The van der Waals surface area contributed by atoms with Gasteiger partial charge in [0.05, 0.1) is 18.1 Å². The van der Waals surface area contributed by atoms with E-state index in [0.717, 1.165) is 39.5 Å². The number of rotatable bonds is 9. The normalized spacial score (nSPS) is 11.2. The number of hydrogen-bond donors (Lipinski definition) is 2. The van der Waals surface area contributed by atoms with Gasteiger partial charge < -0.3 is 24.5 Å². The first kappa shape index (κ1) is 31.8. The number of ether oxygens (including phenoxy) is 3. The van der Waals surface area contributed by atoms with Crippen molar-refractivity contribution in [3.8, 4) is 28.4 Å². The zero-order chi connectivity index (χ0) is 30.9. The number of nitrogens with zero attached hydrogens (tertiary/aromatic N) is 4. The van der Waals surface area contributed by atoms with Crippen molar-refractivity contribution in [1.82, 2.24) is 24.3 Å². The number of nitrogens with one attached hydrogen (secondary N) is 2. The molecule has 232 valence electrons. The fourth-order valence-corrected chi connectivity index (χ4v) is 4.43. The summed E-state index contributed by atoms with van der Waals surface area (Å²) in [6.07, 6.45) is -3.80. The van der Waals surface area contributed by atoms with Crippen LogP contribution in [0.4, 0.5) is 27.6 Å². The molecule has 17 heteroatoms. The van der Waals surface area contributed by atoms with Crippen LogP contribution in [0.1, 0.15) is 5.82 Å². The Morgan fingerprint density at radius 3 is 2.45 bits per heavy atom. The van der Waals surface area contributed by atoms with E-state index in [1.54, 1.807) is 0 Å². The van der Waals surface area contributed by atoms with E-state index in [2.05, 4.69) is 25.2 Å². The maximum Gasteiger partial charge on any atom is 0.573 e. The SMILES string of the molecule is COc1cc(-c2cc(OC(F)(F)F)cc3c2n(C)c(=O)n3CC(=O)Nc2ccc(F)cc2)cc(F)c1OCc1nnc[nH]1.Cl. The van der Waals surface area contributed by atoms with Crippen molar-refractivity contribution in [3.05, 3.63) is 82.8 Å². The fraction of sp³-hybridized carbons (Fsp3) is 0.185. The minimum absolute atomic E-state index is 0. The van der Waals surface area contributed by atoms with E-state index in [9.17, 15) is 27.2 Å². The van der Waals surface area contributed by atoms with Gasteiger partial charge in [-0.15, -0.1) is 35.8 Å². The highest BCUT2D eigenvalue weighted by Crippen LogP contribution is 2.40. The molecule has 0 unspecified atom stereocenters. The lowest BCUT2D eigenvalue weighted by atomic mass is 10.0. The largest absolute Gasteiger partial charge is 0.573 e. The standard InChI is InChI=1S/C27H21F5N6O5.ClH/c1-37-24-18(14-7-19(29)25(21(8-14)41-2)42-12-22-33-13-34-36-22)9-17(43-27(30,31)32)10-20(24)38(26(37)40)11-23(39)35-16-5-3-15(28)4-6-16;/h3-10,13H,11-12H2,1-2H3,(H,35,39)(H,33,34,36);1H. The van der Waals surface area contributed by atoms with Crippen LogP contribution in [0.15, 0.2) is 59.7 Å². The zero-order valence-corrected chi connectivity index (χ0v) is 23.6. The lowest BCUT2D eigenvalue weighted by Gasteiger charge is -2.15. The number of hydrogen-bond acceptors (Lipinski definition) is 7. The van der Waals surface area contributed by atoms with Gasteiger partial charge in [0.15, 0.2) is 23.1 Å². The number of carbonyl (C=O) groups is 1. The number of fused-ring (bicyclic) bond motifs is 1. The van der Waals surface area contributed by atoms with Crippen LogP contribution in [0.2, 0.25) is 0 Å². The number of H-pyrrole nitrogens is 1. The van der Waals surface area contributed by atoms with Crippen LogP contribution >= 0.6 is 12.4 Å². The number of carbonyl (C=O) groups excluding carboxylic acids is 1. The number of imidazole rings is 1. The second-order valence-electron chi connectivity index (χ2n) is 9.08. The zero-order valence-electron chi connectivity index (χ0n) is 22.7. The predicted octanol–water partition coefficient (Wildman–Crippen LogP) is 4.95. The topological polar surface area (TPSA) is 125 Å². The molecular weight excluding hydrogens is 619 g/mol.